The van der Waals surface area contributed by atoms with Crippen molar-refractivity contribution in [3.8, 4) is 22.6 Å². The molecule has 0 fully saturated rings. The Morgan fingerprint density at radius 3 is 2.41 bits per heavy atom. The Morgan fingerprint density at radius 1 is 0.841 bits per heavy atom. The number of fused-ring (bicyclic) bond motifs is 6. The number of imidazole rings is 1. The molecule has 3 aromatic carbocycles. The maximum Gasteiger partial charge on any atom is 0.289 e. The molecule has 3 nitrogen and oxygen atoms in total. The molecule has 0 amide bonds. The Labute approximate surface area is 266 Å². The predicted molar refractivity (Wildman–Crippen MR) is 185 cm³/mol. The third kappa shape index (κ3) is 4.06. The highest BCUT2D eigenvalue weighted by Gasteiger charge is 2.57. The summed E-state index contributed by atoms with van der Waals surface area (Å²) in [5, 5.41) is 2.73. The highest BCUT2D eigenvalue weighted by atomic mass is 32.1. The highest BCUT2D eigenvalue weighted by Crippen LogP contribution is 2.55. The lowest BCUT2D eigenvalue weighted by atomic mass is 9.58. The van der Waals surface area contributed by atoms with Crippen LogP contribution in [0.2, 0.25) is 0 Å². The van der Waals surface area contributed by atoms with Crippen LogP contribution in [0, 0.1) is 20.8 Å². The molecule has 0 saturated heterocycles. The van der Waals surface area contributed by atoms with Crippen LogP contribution in [0.1, 0.15) is 68.7 Å². The van der Waals surface area contributed by atoms with Crippen LogP contribution in [-0.4, -0.2) is 4.57 Å². The van der Waals surface area contributed by atoms with Crippen molar-refractivity contribution in [1.29, 1.82) is 0 Å². The largest absolute Gasteiger partial charge is 0.289 e. The van der Waals surface area contributed by atoms with Gasteiger partial charge in [0.2, 0.25) is 5.69 Å². The summed E-state index contributed by atoms with van der Waals surface area (Å²) in [6.45, 7) is 15.1. The predicted octanol–water partition coefficient (Wildman–Crippen LogP) is 9.49. The number of aromatic nitrogens is 3. The molecule has 6 aromatic rings. The lowest BCUT2D eigenvalue weighted by molar-refractivity contribution is -0.687. The number of hydrogen-bond acceptors (Lipinski definition) is 1. The molecule has 224 valence electrons. The smallest absolute Gasteiger partial charge is 0.233 e. The standard InChI is InChI=1S/C40H45N3S/c1-8-39(6)40(9-2,33-17-12-10-16-32(33)38-41(7)23-24-43(38)39)21-14-22-42-26-29(5)28(4)25-34(42)36-27(3)19-20-31-30-15-11-13-18-35(30)44-37(31)36/h10-13,15-20,23-26H,8-9,14,21-22H2,1-7H3/q+2. The van der Waals surface area contributed by atoms with Crippen molar-refractivity contribution in [3.05, 3.63) is 108 Å². The zero-order valence-corrected chi connectivity index (χ0v) is 28.2. The van der Waals surface area contributed by atoms with Crippen LogP contribution in [0.5, 0.6) is 0 Å². The quantitative estimate of drug-likeness (QED) is 0.162. The first-order chi connectivity index (χ1) is 21.2. The summed E-state index contributed by atoms with van der Waals surface area (Å²) in [4.78, 5) is 0. The van der Waals surface area contributed by atoms with E-state index in [1.54, 1.807) is 0 Å². The molecule has 4 heterocycles. The molecular weight excluding hydrogens is 555 g/mol. The molecule has 0 saturated carbocycles. The summed E-state index contributed by atoms with van der Waals surface area (Å²) in [7, 11) is 2.19. The third-order valence-electron chi connectivity index (χ3n) is 11.2. The van der Waals surface area contributed by atoms with Gasteiger partial charge < -0.3 is 0 Å². The zero-order valence-electron chi connectivity index (χ0n) is 27.4. The first-order valence-electron chi connectivity index (χ1n) is 16.3. The zero-order chi connectivity index (χ0) is 30.8. The van der Waals surface area contributed by atoms with Crippen molar-refractivity contribution in [2.45, 2.75) is 84.7 Å². The minimum absolute atomic E-state index is 0.0113. The number of hydrogen-bond donors (Lipinski definition) is 0. The van der Waals surface area contributed by atoms with E-state index in [0.29, 0.717) is 0 Å². The molecule has 0 N–H and O–H groups in total. The lowest BCUT2D eigenvalue weighted by Crippen LogP contribution is -2.55. The summed E-state index contributed by atoms with van der Waals surface area (Å²) in [6, 6.07) is 25.2. The number of aryl methyl sites for hydroxylation is 5. The number of thiophene rings is 1. The van der Waals surface area contributed by atoms with Gasteiger partial charge in [0.05, 0.1) is 18.2 Å². The summed E-state index contributed by atoms with van der Waals surface area (Å²) in [6.07, 6.45) is 11.4. The van der Waals surface area contributed by atoms with E-state index in [2.05, 4.69) is 148 Å². The van der Waals surface area contributed by atoms with E-state index < -0.39 is 0 Å². The van der Waals surface area contributed by atoms with Gasteiger partial charge in [-0.25, -0.2) is 9.13 Å². The average molecular weight is 600 g/mol. The van der Waals surface area contributed by atoms with Gasteiger partial charge in [-0.1, -0.05) is 62.4 Å². The van der Waals surface area contributed by atoms with E-state index >= 15 is 0 Å². The molecule has 7 rings (SSSR count). The topological polar surface area (TPSA) is 12.7 Å². The highest BCUT2D eigenvalue weighted by molar-refractivity contribution is 7.26. The van der Waals surface area contributed by atoms with Crippen LogP contribution in [0.25, 0.3) is 42.8 Å². The van der Waals surface area contributed by atoms with Crippen LogP contribution >= 0.6 is 11.3 Å². The van der Waals surface area contributed by atoms with Gasteiger partial charge in [-0.3, -0.25) is 0 Å². The van der Waals surface area contributed by atoms with Gasteiger partial charge in [0.1, 0.15) is 24.5 Å². The Balaban J connectivity index is 1.32. The van der Waals surface area contributed by atoms with Crippen LogP contribution < -0.4 is 9.13 Å². The fourth-order valence-electron chi connectivity index (χ4n) is 8.44. The van der Waals surface area contributed by atoms with E-state index in [9.17, 15) is 0 Å². The van der Waals surface area contributed by atoms with Crippen molar-refractivity contribution in [2.24, 2.45) is 7.05 Å². The summed E-state index contributed by atoms with van der Waals surface area (Å²) < 4.78 is 10.2. The molecule has 2 unspecified atom stereocenters. The minimum Gasteiger partial charge on any atom is -0.233 e. The van der Waals surface area contributed by atoms with Gasteiger partial charge in [0.15, 0.2) is 6.20 Å². The van der Waals surface area contributed by atoms with Crippen molar-refractivity contribution < 1.29 is 9.13 Å². The molecule has 0 aliphatic carbocycles. The number of nitrogens with zero attached hydrogens (tertiary/aromatic N) is 3. The fraction of sp³-hybridized carbons (Fsp3) is 0.350. The maximum atomic E-state index is 2.60. The summed E-state index contributed by atoms with van der Waals surface area (Å²) in [5.74, 6) is 1.33. The molecule has 4 heteroatoms. The van der Waals surface area contributed by atoms with Crippen molar-refractivity contribution in [1.82, 2.24) is 4.57 Å². The fourth-order valence-corrected chi connectivity index (χ4v) is 9.75. The van der Waals surface area contributed by atoms with Gasteiger partial charge in [0, 0.05) is 43.6 Å². The number of rotatable bonds is 7. The normalized spacial score (nSPS) is 19.4. The molecule has 0 bridgehead atoms. The monoisotopic (exact) mass is 599 g/mol. The van der Waals surface area contributed by atoms with Crippen molar-refractivity contribution in [3.63, 3.8) is 0 Å². The molecule has 1 aliphatic heterocycles. The van der Waals surface area contributed by atoms with Crippen molar-refractivity contribution >= 4 is 31.5 Å². The van der Waals surface area contributed by atoms with Gasteiger partial charge in [0.25, 0.3) is 5.82 Å². The summed E-state index contributed by atoms with van der Waals surface area (Å²) in [5.41, 5.74) is 9.72. The van der Waals surface area contributed by atoms with Crippen LogP contribution in [0.3, 0.4) is 0 Å². The average Bonchev–Trinajstić information content (AvgIpc) is 3.61. The second-order valence-electron chi connectivity index (χ2n) is 13.3. The maximum absolute atomic E-state index is 2.60. The van der Waals surface area contributed by atoms with E-state index in [4.69, 9.17) is 0 Å². The van der Waals surface area contributed by atoms with Gasteiger partial charge in [-0.2, -0.15) is 4.57 Å². The molecule has 0 radical (unpaired) electrons. The molecule has 0 spiro atoms. The Kier molecular flexibility index (Phi) is 7.05. The Bertz CT molecular complexity index is 2050. The summed E-state index contributed by atoms with van der Waals surface area (Å²) >= 11 is 1.94. The number of benzene rings is 3. The van der Waals surface area contributed by atoms with Crippen molar-refractivity contribution in [2.75, 3.05) is 0 Å². The minimum atomic E-state index is -0.0113. The molecule has 44 heavy (non-hydrogen) atoms. The van der Waals surface area contributed by atoms with E-state index in [1.807, 2.05) is 11.3 Å². The van der Waals surface area contributed by atoms with Crippen LogP contribution in [0.15, 0.2) is 85.3 Å². The van der Waals surface area contributed by atoms with Gasteiger partial charge in [-0.05, 0) is 75.8 Å². The Morgan fingerprint density at radius 2 is 1.61 bits per heavy atom. The number of pyridine rings is 1. The van der Waals surface area contributed by atoms with E-state index in [0.717, 1.165) is 32.2 Å². The van der Waals surface area contributed by atoms with Gasteiger partial charge in [-0.15, -0.1) is 11.3 Å². The third-order valence-corrected chi connectivity index (χ3v) is 12.4. The molecule has 3 aromatic heterocycles. The molecule has 2 atom stereocenters. The van der Waals surface area contributed by atoms with Crippen LogP contribution in [-0.2, 0) is 24.5 Å². The lowest BCUT2D eigenvalue weighted by Gasteiger charge is -2.50. The van der Waals surface area contributed by atoms with Crippen LogP contribution in [0.4, 0.5) is 0 Å². The second-order valence-corrected chi connectivity index (χ2v) is 14.3. The first kappa shape index (κ1) is 29.0. The SMILES string of the molecule is CCC1(CCC[n+]2cc(C)c(C)cc2-c2c(C)ccc3c2sc2ccccc23)c2ccccc2-c2n(cc[n+]2C)C1(C)CC. The molecular formula is C40H45N3S+2. The van der Waals surface area contributed by atoms with E-state index in [1.165, 1.54) is 65.1 Å². The van der Waals surface area contributed by atoms with Gasteiger partial charge >= 0.3 is 0 Å². The van der Waals surface area contributed by atoms with E-state index in [-0.39, 0.29) is 11.0 Å². The first-order valence-corrected chi connectivity index (χ1v) is 17.1. The molecule has 1 aliphatic rings. The Hall–Kier alpha value is -3.76. The second kappa shape index (κ2) is 10.7.